The fourth-order valence-corrected chi connectivity index (χ4v) is 2.62. The summed E-state index contributed by atoms with van der Waals surface area (Å²) < 4.78 is 5.55. The zero-order valence-corrected chi connectivity index (χ0v) is 13.3. The average Bonchev–Trinajstić information content (AvgIpc) is 2.53. The number of benzene rings is 1. The van der Waals surface area contributed by atoms with E-state index in [-0.39, 0.29) is 24.5 Å². The molecule has 0 bridgehead atoms. The number of rotatable bonds is 5. The maximum Gasteiger partial charge on any atom is 0.260 e. The third-order valence-corrected chi connectivity index (χ3v) is 3.95. The average molecular weight is 304 g/mol. The summed E-state index contributed by atoms with van der Waals surface area (Å²) in [6.07, 6.45) is 2.59. The smallest absolute Gasteiger partial charge is 0.260 e. The van der Waals surface area contributed by atoms with Crippen molar-refractivity contribution < 1.29 is 14.3 Å². The number of ether oxygens (including phenoxy) is 1. The molecule has 1 heterocycles. The number of amides is 2. The van der Waals surface area contributed by atoms with Crippen molar-refractivity contribution in [1.82, 2.24) is 10.2 Å². The summed E-state index contributed by atoms with van der Waals surface area (Å²) >= 11 is 0. The third kappa shape index (κ3) is 4.76. The molecule has 120 valence electrons. The first-order valence-electron chi connectivity index (χ1n) is 7.85. The molecule has 0 unspecified atom stereocenters. The number of carbonyl (C=O) groups is 2. The van der Waals surface area contributed by atoms with Crippen molar-refractivity contribution in [3.8, 4) is 5.75 Å². The number of hydrogen-bond acceptors (Lipinski definition) is 3. The van der Waals surface area contributed by atoms with Gasteiger partial charge in [0, 0.05) is 26.1 Å². The zero-order valence-electron chi connectivity index (χ0n) is 13.3. The highest BCUT2D eigenvalue weighted by atomic mass is 16.5. The number of nitrogens with zero attached hydrogens (tertiary/aromatic N) is 1. The Labute approximate surface area is 131 Å². The quantitative estimate of drug-likeness (QED) is 0.901. The van der Waals surface area contributed by atoms with E-state index in [4.69, 9.17) is 4.74 Å². The number of piperidine rings is 1. The van der Waals surface area contributed by atoms with Crippen LogP contribution < -0.4 is 10.1 Å². The predicted molar refractivity (Wildman–Crippen MR) is 84.7 cm³/mol. The summed E-state index contributed by atoms with van der Waals surface area (Å²) in [6.45, 7) is 5.03. The fraction of sp³-hybridized carbons (Fsp3) is 0.529. The third-order valence-electron chi connectivity index (χ3n) is 3.95. The van der Waals surface area contributed by atoms with Gasteiger partial charge in [-0.25, -0.2) is 0 Å². The highest BCUT2D eigenvalue weighted by molar-refractivity contribution is 5.78. The van der Waals surface area contributed by atoms with Crippen molar-refractivity contribution in [1.29, 1.82) is 0 Å². The Kier molecular flexibility index (Phi) is 5.81. The van der Waals surface area contributed by atoms with Gasteiger partial charge in [-0.1, -0.05) is 19.1 Å². The molecule has 1 aliphatic heterocycles. The Morgan fingerprint density at radius 3 is 2.41 bits per heavy atom. The Balaban J connectivity index is 1.74. The summed E-state index contributed by atoms with van der Waals surface area (Å²) in [5.41, 5.74) is 1.25. The molecule has 0 spiro atoms. The number of likely N-dealkylation sites (tertiary alicyclic amines) is 1. The molecule has 1 aromatic rings. The zero-order chi connectivity index (χ0) is 15.9. The van der Waals surface area contributed by atoms with Crippen LogP contribution >= 0.6 is 0 Å². The molecule has 1 aromatic carbocycles. The summed E-state index contributed by atoms with van der Waals surface area (Å²) in [5.74, 6) is 0.711. The number of hydrogen-bond donors (Lipinski definition) is 1. The van der Waals surface area contributed by atoms with E-state index in [0.29, 0.717) is 13.1 Å². The van der Waals surface area contributed by atoms with Gasteiger partial charge in [-0.2, -0.15) is 0 Å². The van der Waals surface area contributed by atoms with Crippen LogP contribution in [0, 0.1) is 0 Å². The molecule has 2 amide bonds. The van der Waals surface area contributed by atoms with E-state index in [0.717, 1.165) is 25.0 Å². The topological polar surface area (TPSA) is 58.6 Å². The molecule has 2 rings (SSSR count). The molecule has 1 fully saturated rings. The van der Waals surface area contributed by atoms with E-state index >= 15 is 0 Å². The van der Waals surface area contributed by atoms with Crippen molar-refractivity contribution in [2.24, 2.45) is 0 Å². The second-order valence-electron chi connectivity index (χ2n) is 5.64. The van der Waals surface area contributed by atoms with Crippen LogP contribution in [0.2, 0.25) is 0 Å². The molecule has 0 aliphatic carbocycles. The molecule has 5 heteroatoms. The van der Waals surface area contributed by atoms with E-state index in [9.17, 15) is 9.59 Å². The van der Waals surface area contributed by atoms with Crippen LogP contribution in [-0.2, 0) is 16.0 Å². The van der Waals surface area contributed by atoms with E-state index in [1.165, 1.54) is 12.5 Å². The number of carbonyl (C=O) groups excluding carboxylic acids is 2. The Bertz CT molecular complexity index is 505. The summed E-state index contributed by atoms with van der Waals surface area (Å²) in [6, 6.07) is 8.01. The lowest BCUT2D eigenvalue weighted by Gasteiger charge is -2.32. The largest absolute Gasteiger partial charge is 0.484 e. The van der Waals surface area contributed by atoms with Gasteiger partial charge in [-0.05, 0) is 37.0 Å². The van der Waals surface area contributed by atoms with Crippen molar-refractivity contribution in [2.75, 3.05) is 19.7 Å². The number of aryl methyl sites for hydroxylation is 1. The molecule has 0 radical (unpaired) electrons. The standard InChI is InChI=1S/C17H24N2O3/c1-3-14-4-6-16(7-5-14)22-12-17(21)19-10-8-15(9-11-19)18-13(2)20/h4-7,15H,3,8-12H2,1-2H3,(H,18,20). The lowest BCUT2D eigenvalue weighted by molar-refractivity contribution is -0.134. The van der Waals surface area contributed by atoms with Gasteiger partial charge >= 0.3 is 0 Å². The first-order chi connectivity index (χ1) is 10.6. The molecule has 0 saturated carbocycles. The van der Waals surface area contributed by atoms with Crippen molar-refractivity contribution in [3.05, 3.63) is 29.8 Å². The van der Waals surface area contributed by atoms with Gasteiger partial charge < -0.3 is 15.0 Å². The molecule has 1 N–H and O–H groups in total. The van der Waals surface area contributed by atoms with Gasteiger partial charge in [0.15, 0.2) is 6.61 Å². The second-order valence-corrected chi connectivity index (χ2v) is 5.64. The van der Waals surface area contributed by atoms with E-state index in [2.05, 4.69) is 12.2 Å². The highest BCUT2D eigenvalue weighted by Gasteiger charge is 2.23. The first-order valence-corrected chi connectivity index (χ1v) is 7.85. The molecular weight excluding hydrogens is 280 g/mol. The van der Waals surface area contributed by atoms with Gasteiger partial charge in [-0.15, -0.1) is 0 Å². The molecule has 22 heavy (non-hydrogen) atoms. The summed E-state index contributed by atoms with van der Waals surface area (Å²) in [5, 5.41) is 2.90. The predicted octanol–water partition coefficient (Wildman–Crippen LogP) is 1.75. The first kappa shape index (κ1) is 16.3. The second kappa shape index (κ2) is 7.82. The molecule has 5 nitrogen and oxygen atoms in total. The molecule has 1 saturated heterocycles. The monoisotopic (exact) mass is 304 g/mol. The van der Waals surface area contributed by atoms with Gasteiger partial charge in [0.2, 0.25) is 5.91 Å². The summed E-state index contributed by atoms with van der Waals surface area (Å²) in [4.78, 5) is 25.0. The van der Waals surface area contributed by atoms with Gasteiger partial charge in [0.1, 0.15) is 5.75 Å². The van der Waals surface area contributed by atoms with Crippen molar-refractivity contribution >= 4 is 11.8 Å². The van der Waals surface area contributed by atoms with E-state index in [1.54, 1.807) is 4.90 Å². The van der Waals surface area contributed by atoms with Crippen molar-refractivity contribution in [2.45, 2.75) is 39.2 Å². The van der Waals surface area contributed by atoms with Crippen LogP contribution in [0.4, 0.5) is 0 Å². The maximum absolute atomic E-state index is 12.1. The van der Waals surface area contributed by atoms with Crippen LogP contribution in [0.15, 0.2) is 24.3 Å². The Morgan fingerprint density at radius 2 is 1.86 bits per heavy atom. The Morgan fingerprint density at radius 1 is 1.23 bits per heavy atom. The van der Waals surface area contributed by atoms with Crippen LogP contribution in [0.25, 0.3) is 0 Å². The van der Waals surface area contributed by atoms with Gasteiger partial charge in [0.25, 0.3) is 5.91 Å². The van der Waals surface area contributed by atoms with Crippen LogP contribution in [0.3, 0.4) is 0 Å². The summed E-state index contributed by atoms with van der Waals surface area (Å²) in [7, 11) is 0. The minimum Gasteiger partial charge on any atom is -0.484 e. The highest BCUT2D eigenvalue weighted by Crippen LogP contribution is 2.14. The fourth-order valence-electron chi connectivity index (χ4n) is 2.62. The van der Waals surface area contributed by atoms with E-state index in [1.807, 2.05) is 24.3 Å². The minimum atomic E-state index is -0.0105. The molecule has 1 aliphatic rings. The van der Waals surface area contributed by atoms with Gasteiger partial charge in [0.05, 0.1) is 0 Å². The van der Waals surface area contributed by atoms with Crippen LogP contribution in [0.5, 0.6) is 5.75 Å². The SMILES string of the molecule is CCc1ccc(OCC(=O)N2CCC(NC(C)=O)CC2)cc1. The van der Waals surface area contributed by atoms with Crippen LogP contribution in [0.1, 0.15) is 32.3 Å². The van der Waals surface area contributed by atoms with E-state index < -0.39 is 0 Å². The maximum atomic E-state index is 12.1. The molecule has 0 atom stereocenters. The Hall–Kier alpha value is -2.04. The van der Waals surface area contributed by atoms with Crippen molar-refractivity contribution in [3.63, 3.8) is 0 Å². The van der Waals surface area contributed by atoms with Crippen LogP contribution in [-0.4, -0.2) is 42.5 Å². The number of nitrogens with one attached hydrogen (secondary N) is 1. The van der Waals surface area contributed by atoms with Gasteiger partial charge in [-0.3, -0.25) is 9.59 Å². The minimum absolute atomic E-state index is 0.000781. The lowest BCUT2D eigenvalue weighted by Crippen LogP contribution is -2.47. The molecule has 0 aromatic heterocycles. The molecular formula is C17H24N2O3. The lowest BCUT2D eigenvalue weighted by atomic mass is 10.1. The normalized spacial score (nSPS) is 15.5.